The number of hydrogen-bond acceptors (Lipinski definition) is 6. The minimum absolute atomic E-state index is 0.0404. The van der Waals surface area contributed by atoms with E-state index in [1.807, 2.05) is 0 Å². The Balaban J connectivity index is 1.58. The number of methoxy groups -OCH3 is 1. The largest absolute Gasteiger partial charge is 0.493 e. The van der Waals surface area contributed by atoms with Gasteiger partial charge in [0, 0.05) is 18.5 Å². The normalized spacial score (nSPS) is 15.7. The predicted molar refractivity (Wildman–Crippen MR) is 109 cm³/mol. The lowest BCUT2D eigenvalue weighted by Crippen LogP contribution is -2.44. The van der Waals surface area contributed by atoms with Crippen molar-refractivity contribution in [1.82, 2.24) is 15.5 Å². The van der Waals surface area contributed by atoms with E-state index in [9.17, 15) is 19.2 Å². The van der Waals surface area contributed by atoms with Crippen LogP contribution in [0.2, 0.25) is 0 Å². The van der Waals surface area contributed by atoms with Crippen molar-refractivity contribution in [1.29, 1.82) is 0 Å². The number of alkyl halides is 1. The van der Waals surface area contributed by atoms with Gasteiger partial charge in [0.15, 0.2) is 22.9 Å². The number of Topliss-reactive ketones (excluding diaryl/α,β-unsaturated/α-hetero) is 1. The Hall–Kier alpha value is -3.07. The summed E-state index contributed by atoms with van der Waals surface area (Å²) in [4.78, 5) is 49.8. The molecule has 1 aliphatic rings. The average molecular weight is 436 g/mol. The molecule has 1 saturated heterocycles. The van der Waals surface area contributed by atoms with E-state index in [1.165, 1.54) is 12.0 Å². The van der Waals surface area contributed by atoms with E-state index in [4.69, 9.17) is 20.8 Å². The molecular formula is C20H22ClN3O6. The third-order valence-corrected chi connectivity index (χ3v) is 5.06. The van der Waals surface area contributed by atoms with Gasteiger partial charge in [-0.3, -0.25) is 19.2 Å². The Morgan fingerprint density at radius 1 is 1.37 bits per heavy atom. The first-order valence-electron chi connectivity index (χ1n) is 9.40. The smallest absolute Gasteiger partial charge is 0.287 e. The Morgan fingerprint density at radius 2 is 2.17 bits per heavy atom. The van der Waals surface area contributed by atoms with Gasteiger partial charge in [0.1, 0.15) is 5.88 Å². The maximum Gasteiger partial charge on any atom is 0.287 e. The average Bonchev–Trinajstić information content (AvgIpc) is 3.36. The number of nitrogens with one attached hydrogen (secondary N) is 2. The van der Waals surface area contributed by atoms with Gasteiger partial charge in [0.2, 0.25) is 11.8 Å². The summed E-state index contributed by atoms with van der Waals surface area (Å²) in [5, 5.41) is 5.87. The fourth-order valence-corrected chi connectivity index (χ4v) is 3.44. The Kier molecular flexibility index (Phi) is 6.94. The molecule has 0 spiro atoms. The molecule has 2 N–H and O–H groups in total. The van der Waals surface area contributed by atoms with Gasteiger partial charge in [-0.25, -0.2) is 0 Å². The number of furan rings is 1. The summed E-state index contributed by atoms with van der Waals surface area (Å²) >= 11 is 5.63. The van der Waals surface area contributed by atoms with E-state index < -0.39 is 17.6 Å². The summed E-state index contributed by atoms with van der Waals surface area (Å²) in [7, 11) is 1.50. The van der Waals surface area contributed by atoms with E-state index in [-0.39, 0.29) is 43.1 Å². The Labute approximate surface area is 177 Å². The zero-order chi connectivity index (χ0) is 21.7. The zero-order valence-corrected chi connectivity index (χ0v) is 17.2. The molecule has 3 rings (SSSR count). The van der Waals surface area contributed by atoms with E-state index in [1.54, 1.807) is 24.3 Å². The van der Waals surface area contributed by atoms with Crippen molar-refractivity contribution in [3.63, 3.8) is 0 Å². The lowest BCUT2D eigenvalue weighted by molar-refractivity contribution is -0.134. The molecule has 0 aliphatic carbocycles. The van der Waals surface area contributed by atoms with Crippen molar-refractivity contribution >= 4 is 46.1 Å². The number of hydrogen-bond donors (Lipinski definition) is 2. The Bertz CT molecular complexity index is 973. The van der Waals surface area contributed by atoms with Crippen LogP contribution in [-0.2, 0) is 14.4 Å². The number of benzene rings is 1. The zero-order valence-electron chi connectivity index (χ0n) is 16.4. The topological polar surface area (TPSA) is 118 Å². The monoisotopic (exact) mass is 435 g/mol. The van der Waals surface area contributed by atoms with Crippen LogP contribution >= 0.6 is 11.6 Å². The minimum atomic E-state index is -0.563. The molecule has 0 radical (unpaired) electrons. The highest BCUT2D eigenvalue weighted by atomic mass is 35.5. The summed E-state index contributed by atoms with van der Waals surface area (Å²) in [6.45, 7) is 0.110. The van der Waals surface area contributed by atoms with Crippen LogP contribution in [0.4, 0.5) is 0 Å². The molecular weight excluding hydrogens is 414 g/mol. The molecule has 2 heterocycles. The number of carbonyl (C=O) groups is 4. The van der Waals surface area contributed by atoms with Crippen LogP contribution in [0.25, 0.3) is 11.0 Å². The quantitative estimate of drug-likeness (QED) is 0.566. The number of carbonyl (C=O) groups excluding carboxylic acids is 4. The van der Waals surface area contributed by atoms with Gasteiger partial charge in [-0.15, -0.1) is 11.6 Å². The molecule has 30 heavy (non-hydrogen) atoms. The SMILES string of the molecule is COc1cccc2cc(C(=O)NCC(=O)CN(CC3CCNC3=O)C(=O)CCl)oc12. The molecule has 9 nitrogen and oxygen atoms in total. The van der Waals surface area contributed by atoms with Crippen molar-refractivity contribution < 1.29 is 28.3 Å². The molecule has 1 fully saturated rings. The highest BCUT2D eigenvalue weighted by molar-refractivity contribution is 6.27. The first kappa shape index (κ1) is 21.6. The number of nitrogens with zero attached hydrogens (tertiary/aromatic N) is 1. The highest BCUT2D eigenvalue weighted by Gasteiger charge is 2.29. The molecule has 0 bridgehead atoms. The third-order valence-electron chi connectivity index (χ3n) is 4.84. The van der Waals surface area contributed by atoms with Crippen LogP contribution in [0.5, 0.6) is 5.75 Å². The maximum absolute atomic E-state index is 12.4. The van der Waals surface area contributed by atoms with Gasteiger partial charge in [-0.2, -0.15) is 0 Å². The molecule has 1 atom stereocenters. The van der Waals surface area contributed by atoms with Gasteiger partial charge >= 0.3 is 0 Å². The molecule has 3 amide bonds. The molecule has 1 aliphatic heterocycles. The van der Waals surface area contributed by atoms with Crippen LogP contribution in [-0.4, -0.2) is 67.6 Å². The summed E-state index contributed by atoms with van der Waals surface area (Å²) in [6, 6.07) is 6.82. The number of para-hydroxylation sites is 1. The van der Waals surface area contributed by atoms with Crippen molar-refractivity contribution in [2.45, 2.75) is 6.42 Å². The molecule has 0 saturated carbocycles. The number of halogens is 1. The fourth-order valence-electron chi connectivity index (χ4n) is 3.27. The fraction of sp³-hybridized carbons (Fsp3) is 0.400. The van der Waals surface area contributed by atoms with Gasteiger partial charge in [0.05, 0.1) is 26.1 Å². The number of fused-ring (bicyclic) bond motifs is 1. The van der Waals surface area contributed by atoms with Gasteiger partial charge in [-0.1, -0.05) is 12.1 Å². The maximum atomic E-state index is 12.4. The van der Waals surface area contributed by atoms with Gasteiger partial charge in [-0.05, 0) is 18.6 Å². The first-order valence-corrected chi connectivity index (χ1v) is 9.94. The summed E-state index contributed by atoms with van der Waals surface area (Å²) in [6.07, 6.45) is 0.589. The van der Waals surface area contributed by atoms with Crippen LogP contribution in [0.3, 0.4) is 0 Å². The van der Waals surface area contributed by atoms with Gasteiger partial charge in [0.25, 0.3) is 5.91 Å². The van der Waals surface area contributed by atoms with Crippen molar-refractivity contribution in [2.24, 2.45) is 5.92 Å². The predicted octanol–water partition coefficient (Wildman–Crippen LogP) is 0.944. The van der Waals surface area contributed by atoms with E-state index in [0.717, 1.165) is 0 Å². The summed E-state index contributed by atoms with van der Waals surface area (Å²) < 4.78 is 10.7. The standard InChI is InChI=1S/C20H22ClN3O6/c1-29-15-4-2-3-12-7-16(30-18(12)15)20(28)23-9-14(25)11-24(17(26)8-21)10-13-5-6-22-19(13)27/h2-4,7,13H,5-6,8-11H2,1H3,(H,22,27)(H,23,28). The summed E-state index contributed by atoms with van der Waals surface area (Å²) in [5.74, 6) is -1.68. The molecule has 2 aromatic rings. The van der Waals surface area contributed by atoms with Crippen molar-refractivity contribution in [3.05, 3.63) is 30.0 Å². The number of ether oxygens (including phenoxy) is 1. The lowest BCUT2D eigenvalue weighted by atomic mass is 10.1. The van der Waals surface area contributed by atoms with E-state index in [2.05, 4.69) is 10.6 Å². The van der Waals surface area contributed by atoms with E-state index >= 15 is 0 Å². The van der Waals surface area contributed by atoms with Crippen LogP contribution in [0.1, 0.15) is 17.0 Å². The third kappa shape index (κ3) is 4.91. The minimum Gasteiger partial charge on any atom is -0.493 e. The highest BCUT2D eigenvalue weighted by Crippen LogP contribution is 2.28. The van der Waals surface area contributed by atoms with Gasteiger partial charge < -0.3 is 24.7 Å². The first-order chi connectivity index (χ1) is 14.4. The molecule has 1 aromatic heterocycles. The molecule has 160 valence electrons. The number of amides is 3. The molecule has 1 aromatic carbocycles. The number of rotatable bonds is 9. The van der Waals surface area contributed by atoms with Crippen LogP contribution in [0, 0.1) is 5.92 Å². The van der Waals surface area contributed by atoms with Crippen molar-refractivity contribution in [2.75, 3.05) is 39.2 Å². The Morgan fingerprint density at radius 3 is 2.83 bits per heavy atom. The van der Waals surface area contributed by atoms with Crippen LogP contribution < -0.4 is 15.4 Å². The summed E-state index contributed by atoms with van der Waals surface area (Å²) in [5.41, 5.74) is 0.435. The second-order valence-corrected chi connectivity index (χ2v) is 7.16. The number of ketones is 1. The molecule has 1 unspecified atom stereocenters. The van der Waals surface area contributed by atoms with E-state index in [0.29, 0.717) is 29.7 Å². The molecule has 10 heteroatoms. The van der Waals surface area contributed by atoms with Crippen molar-refractivity contribution in [3.8, 4) is 5.75 Å². The second-order valence-electron chi connectivity index (χ2n) is 6.90. The van der Waals surface area contributed by atoms with Crippen LogP contribution in [0.15, 0.2) is 28.7 Å². The second kappa shape index (κ2) is 9.62. The lowest BCUT2D eigenvalue weighted by Gasteiger charge is -2.23.